The van der Waals surface area contributed by atoms with Crippen LogP contribution < -0.4 is 25.3 Å². The number of amides is 1. The number of rotatable bonds is 7. The molecule has 0 aliphatic carbocycles. The lowest BCUT2D eigenvalue weighted by Gasteiger charge is -2.14. The molecular formula is C14H23ClN2O4. The third-order valence-corrected chi connectivity index (χ3v) is 2.84. The zero-order chi connectivity index (χ0) is 15.1. The zero-order valence-electron chi connectivity index (χ0n) is 12.8. The van der Waals surface area contributed by atoms with Crippen LogP contribution in [0, 0.1) is 0 Å². The molecule has 0 fully saturated rings. The fraction of sp³-hybridized carbons (Fsp3) is 0.500. The number of nitrogens with one attached hydrogen (secondary N) is 1. The van der Waals surface area contributed by atoms with Gasteiger partial charge in [-0.3, -0.25) is 4.79 Å². The predicted molar refractivity (Wildman–Crippen MR) is 83.9 cm³/mol. The summed E-state index contributed by atoms with van der Waals surface area (Å²) in [6.45, 7) is 2.40. The van der Waals surface area contributed by atoms with Crippen molar-refractivity contribution in [3.63, 3.8) is 0 Å². The summed E-state index contributed by atoms with van der Waals surface area (Å²) < 4.78 is 15.6. The van der Waals surface area contributed by atoms with Crippen LogP contribution in [0.4, 0.5) is 0 Å². The molecule has 1 amide bonds. The summed E-state index contributed by atoms with van der Waals surface area (Å²) in [5, 5.41) is 2.80. The van der Waals surface area contributed by atoms with E-state index in [0.717, 1.165) is 0 Å². The highest BCUT2D eigenvalue weighted by Gasteiger charge is 2.17. The zero-order valence-corrected chi connectivity index (χ0v) is 13.6. The molecule has 0 heterocycles. The lowest BCUT2D eigenvalue weighted by Crippen LogP contribution is -2.29. The molecule has 0 bridgehead atoms. The number of ether oxygens (including phenoxy) is 3. The summed E-state index contributed by atoms with van der Waals surface area (Å²) in [6, 6.07) is 3.26. The predicted octanol–water partition coefficient (Wildman–Crippen LogP) is 1.60. The monoisotopic (exact) mass is 318 g/mol. The van der Waals surface area contributed by atoms with E-state index in [4.69, 9.17) is 19.9 Å². The van der Waals surface area contributed by atoms with Crippen LogP contribution in [0.3, 0.4) is 0 Å². The molecule has 0 spiro atoms. The highest BCUT2D eigenvalue weighted by Crippen LogP contribution is 2.34. The van der Waals surface area contributed by atoms with Gasteiger partial charge >= 0.3 is 0 Å². The Hall–Kier alpha value is -1.66. The molecule has 1 aromatic carbocycles. The Labute approximate surface area is 131 Å². The molecule has 1 rings (SSSR count). The van der Waals surface area contributed by atoms with Gasteiger partial charge in [-0.25, -0.2) is 0 Å². The van der Waals surface area contributed by atoms with Crippen molar-refractivity contribution in [1.82, 2.24) is 5.32 Å². The minimum Gasteiger partial charge on any atom is -0.496 e. The Balaban J connectivity index is 0.00000400. The van der Waals surface area contributed by atoms with Gasteiger partial charge in [-0.15, -0.1) is 12.4 Å². The van der Waals surface area contributed by atoms with Crippen molar-refractivity contribution in [3.05, 3.63) is 17.7 Å². The smallest absolute Gasteiger partial charge is 0.255 e. The maximum Gasteiger partial charge on any atom is 0.255 e. The normalized spacial score (nSPS) is 11.1. The SMILES string of the molecule is COc1cc(OC)c(C(=O)NCCC(C)N)cc1OC.Cl. The Morgan fingerprint density at radius 3 is 2.14 bits per heavy atom. The van der Waals surface area contributed by atoms with E-state index in [1.165, 1.54) is 21.3 Å². The number of benzene rings is 1. The molecule has 6 nitrogen and oxygen atoms in total. The van der Waals surface area contributed by atoms with Gasteiger partial charge in [-0.2, -0.15) is 0 Å². The molecular weight excluding hydrogens is 296 g/mol. The van der Waals surface area contributed by atoms with Crippen LogP contribution in [0.15, 0.2) is 12.1 Å². The van der Waals surface area contributed by atoms with E-state index in [9.17, 15) is 4.79 Å². The molecule has 3 N–H and O–H groups in total. The van der Waals surface area contributed by atoms with Gasteiger partial charge in [0.25, 0.3) is 5.91 Å². The number of halogens is 1. The van der Waals surface area contributed by atoms with Crippen molar-refractivity contribution in [3.8, 4) is 17.2 Å². The average Bonchev–Trinajstić information content (AvgIpc) is 2.45. The summed E-state index contributed by atoms with van der Waals surface area (Å²) in [6.07, 6.45) is 0.710. The third kappa shape index (κ3) is 5.32. The number of carbonyl (C=O) groups excluding carboxylic acids is 1. The van der Waals surface area contributed by atoms with E-state index in [-0.39, 0.29) is 24.4 Å². The quantitative estimate of drug-likeness (QED) is 0.798. The van der Waals surface area contributed by atoms with E-state index >= 15 is 0 Å². The number of methoxy groups -OCH3 is 3. The summed E-state index contributed by atoms with van der Waals surface area (Å²) in [5.41, 5.74) is 6.04. The van der Waals surface area contributed by atoms with Crippen LogP contribution in [0.1, 0.15) is 23.7 Å². The van der Waals surface area contributed by atoms with Crippen LogP contribution in [-0.2, 0) is 0 Å². The van der Waals surface area contributed by atoms with E-state index < -0.39 is 0 Å². The van der Waals surface area contributed by atoms with Crippen LogP contribution >= 0.6 is 12.4 Å². The highest BCUT2D eigenvalue weighted by molar-refractivity contribution is 5.97. The summed E-state index contributed by atoms with van der Waals surface area (Å²) in [7, 11) is 4.54. The number of hydrogen-bond donors (Lipinski definition) is 2. The fourth-order valence-corrected chi connectivity index (χ4v) is 1.72. The van der Waals surface area contributed by atoms with Gasteiger partial charge in [-0.1, -0.05) is 0 Å². The Morgan fingerprint density at radius 1 is 1.14 bits per heavy atom. The lowest BCUT2D eigenvalue weighted by atomic mass is 10.1. The molecule has 0 saturated heterocycles. The topological polar surface area (TPSA) is 82.8 Å². The van der Waals surface area contributed by atoms with Crippen molar-refractivity contribution in [2.24, 2.45) is 5.73 Å². The number of hydrogen-bond acceptors (Lipinski definition) is 5. The molecule has 0 saturated carbocycles. The lowest BCUT2D eigenvalue weighted by molar-refractivity contribution is 0.0949. The first-order valence-corrected chi connectivity index (χ1v) is 6.37. The maximum atomic E-state index is 12.1. The third-order valence-electron chi connectivity index (χ3n) is 2.84. The van der Waals surface area contributed by atoms with Crippen LogP contribution in [0.25, 0.3) is 0 Å². The van der Waals surface area contributed by atoms with Crippen molar-refractivity contribution in [2.75, 3.05) is 27.9 Å². The van der Waals surface area contributed by atoms with E-state index in [1.54, 1.807) is 12.1 Å². The van der Waals surface area contributed by atoms with Crippen molar-refractivity contribution in [2.45, 2.75) is 19.4 Å². The maximum absolute atomic E-state index is 12.1. The Kier molecular flexibility index (Phi) is 8.57. The molecule has 120 valence electrons. The van der Waals surface area contributed by atoms with Gasteiger partial charge in [0.05, 0.1) is 26.9 Å². The molecule has 0 aliphatic rings. The number of nitrogens with two attached hydrogens (primary N) is 1. The first-order valence-electron chi connectivity index (χ1n) is 6.37. The van der Waals surface area contributed by atoms with E-state index in [1.807, 2.05) is 6.92 Å². The minimum absolute atomic E-state index is 0. The molecule has 1 unspecified atom stereocenters. The second-order valence-electron chi connectivity index (χ2n) is 4.43. The van der Waals surface area contributed by atoms with Crippen LogP contribution in [-0.4, -0.2) is 39.8 Å². The molecule has 21 heavy (non-hydrogen) atoms. The minimum atomic E-state index is -0.233. The van der Waals surface area contributed by atoms with Gasteiger partial charge in [0.2, 0.25) is 0 Å². The standard InChI is InChI=1S/C14H22N2O4.ClH/c1-9(15)5-6-16-14(17)10-7-12(19-3)13(20-4)8-11(10)18-2;/h7-9H,5-6,15H2,1-4H3,(H,16,17);1H. The summed E-state index contributed by atoms with van der Waals surface area (Å²) in [5.74, 6) is 1.19. The Morgan fingerprint density at radius 2 is 1.67 bits per heavy atom. The van der Waals surface area contributed by atoms with E-state index in [0.29, 0.717) is 35.8 Å². The van der Waals surface area contributed by atoms with Crippen molar-refractivity contribution in [1.29, 1.82) is 0 Å². The van der Waals surface area contributed by atoms with Gasteiger partial charge in [0, 0.05) is 24.7 Å². The summed E-state index contributed by atoms with van der Waals surface area (Å²) in [4.78, 5) is 12.1. The molecule has 0 aromatic heterocycles. The molecule has 0 radical (unpaired) electrons. The second kappa shape index (κ2) is 9.31. The molecule has 0 aliphatic heterocycles. The first kappa shape index (κ1) is 19.3. The van der Waals surface area contributed by atoms with Crippen molar-refractivity contribution < 1.29 is 19.0 Å². The van der Waals surface area contributed by atoms with Gasteiger partial charge < -0.3 is 25.3 Å². The fourth-order valence-electron chi connectivity index (χ4n) is 1.72. The van der Waals surface area contributed by atoms with Gasteiger partial charge in [0.1, 0.15) is 5.75 Å². The first-order chi connectivity index (χ1) is 9.53. The summed E-state index contributed by atoms with van der Waals surface area (Å²) >= 11 is 0. The van der Waals surface area contributed by atoms with Gasteiger partial charge in [-0.05, 0) is 13.3 Å². The molecule has 1 atom stereocenters. The second-order valence-corrected chi connectivity index (χ2v) is 4.43. The Bertz CT molecular complexity index is 467. The van der Waals surface area contributed by atoms with E-state index in [2.05, 4.69) is 5.32 Å². The molecule has 1 aromatic rings. The van der Waals surface area contributed by atoms with Crippen molar-refractivity contribution >= 4 is 18.3 Å². The van der Waals surface area contributed by atoms with Crippen LogP contribution in [0.2, 0.25) is 0 Å². The average molecular weight is 319 g/mol. The molecule has 7 heteroatoms. The number of carbonyl (C=O) groups is 1. The van der Waals surface area contributed by atoms with Gasteiger partial charge in [0.15, 0.2) is 11.5 Å². The highest BCUT2D eigenvalue weighted by atomic mass is 35.5. The van der Waals surface area contributed by atoms with Crippen LogP contribution in [0.5, 0.6) is 17.2 Å². The largest absolute Gasteiger partial charge is 0.496 e.